The molecule has 1 rings (SSSR count). The van der Waals surface area contributed by atoms with E-state index >= 15 is 0 Å². The molecule has 0 heterocycles. The molecule has 1 heteroatoms. The summed E-state index contributed by atoms with van der Waals surface area (Å²) >= 11 is 6.27. The summed E-state index contributed by atoms with van der Waals surface area (Å²) in [6, 6.07) is 7.22. The van der Waals surface area contributed by atoms with Gasteiger partial charge in [0.2, 0.25) is 0 Å². The van der Waals surface area contributed by atoms with Crippen molar-refractivity contribution in [2.75, 3.05) is 0 Å². The van der Waals surface area contributed by atoms with E-state index in [9.17, 15) is 0 Å². The van der Waals surface area contributed by atoms with Crippen LogP contribution < -0.4 is 0 Å². The van der Waals surface area contributed by atoms with E-state index in [0.29, 0.717) is 11.8 Å². The molecule has 0 N–H and O–H groups in total. The average molecular weight is 196 g/mol. The fourth-order valence-corrected chi connectivity index (χ4v) is 1.93. The standard InChI is InChI=1S/C12H16Cl/c1-8(2)10-6-5-7-11(9(3)4)12(10)13/h5-6,8-9H,1-4H3. The first kappa shape index (κ1) is 10.6. The first-order valence-corrected chi connectivity index (χ1v) is 5.11. The summed E-state index contributed by atoms with van der Waals surface area (Å²) in [6.07, 6.45) is 0. The van der Waals surface area contributed by atoms with Crippen molar-refractivity contribution in [3.63, 3.8) is 0 Å². The molecule has 1 aromatic rings. The number of halogens is 1. The van der Waals surface area contributed by atoms with E-state index in [0.717, 1.165) is 10.6 Å². The van der Waals surface area contributed by atoms with Crippen LogP contribution in [0.2, 0.25) is 5.02 Å². The van der Waals surface area contributed by atoms with Gasteiger partial charge in [-0.3, -0.25) is 0 Å². The third kappa shape index (κ3) is 2.25. The number of rotatable bonds is 2. The fourth-order valence-electron chi connectivity index (χ4n) is 1.38. The predicted molar refractivity (Wildman–Crippen MR) is 58.5 cm³/mol. The topological polar surface area (TPSA) is 0 Å². The molecule has 0 saturated carbocycles. The molecule has 0 aliphatic rings. The zero-order chi connectivity index (χ0) is 10.0. The van der Waals surface area contributed by atoms with E-state index in [1.54, 1.807) is 0 Å². The van der Waals surface area contributed by atoms with Gasteiger partial charge in [-0.05, 0) is 29.0 Å². The van der Waals surface area contributed by atoms with Gasteiger partial charge in [-0.15, -0.1) is 0 Å². The normalized spacial score (nSPS) is 11.3. The second-order valence-electron chi connectivity index (χ2n) is 3.97. The van der Waals surface area contributed by atoms with Crippen molar-refractivity contribution >= 4 is 11.6 Å². The van der Waals surface area contributed by atoms with Gasteiger partial charge in [0.1, 0.15) is 0 Å². The Morgan fingerprint density at radius 2 is 1.77 bits per heavy atom. The lowest BCUT2D eigenvalue weighted by Crippen LogP contribution is -1.95. The summed E-state index contributed by atoms with van der Waals surface area (Å²) in [5.41, 5.74) is 2.36. The Morgan fingerprint density at radius 3 is 2.23 bits per heavy atom. The lowest BCUT2D eigenvalue weighted by molar-refractivity contribution is 0.833. The second-order valence-corrected chi connectivity index (χ2v) is 4.35. The van der Waals surface area contributed by atoms with Crippen LogP contribution >= 0.6 is 11.6 Å². The lowest BCUT2D eigenvalue weighted by atomic mass is 9.96. The Labute approximate surface area is 85.9 Å². The molecule has 71 valence electrons. The maximum atomic E-state index is 6.27. The minimum atomic E-state index is 0.450. The van der Waals surface area contributed by atoms with E-state index in [-0.39, 0.29) is 0 Å². The Bertz CT molecular complexity index is 261. The van der Waals surface area contributed by atoms with Gasteiger partial charge in [-0.1, -0.05) is 51.4 Å². The SMILES string of the molecule is CC(C)c1[c]ccc(C(C)C)c1Cl. The van der Waals surface area contributed by atoms with Crippen LogP contribution in [0.4, 0.5) is 0 Å². The number of hydrogen-bond acceptors (Lipinski definition) is 0. The van der Waals surface area contributed by atoms with Crippen molar-refractivity contribution in [1.82, 2.24) is 0 Å². The summed E-state index contributed by atoms with van der Waals surface area (Å²) in [6.45, 7) is 8.60. The van der Waals surface area contributed by atoms with Crippen molar-refractivity contribution in [2.24, 2.45) is 0 Å². The van der Waals surface area contributed by atoms with E-state index in [2.05, 4.69) is 39.8 Å². The second kappa shape index (κ2) is 4.15. The molecule has 0 atom stereocenters. The van der Waals surface area contributed by atoms with Gasteiger partial charge in [0.25, 0.3) is 0 Å². The van der Waals surface area contributed by atoms with Crippen LogP contribution in [0.5, 0.6) is 0 Å². The fraction of sp³-hybridized carbons (Fsp3) is 0.500. The summed E-state index contributed by atoms with van der Waals surface area (Å²) in [5, 5.41) is 0.896. The molecule has 0 fully saturated rings. The average Bonchev–Trinajstić information content (AvgIpc) is 2.03. The van der Waals surface area contributed by atoms with Crippen LogP contribution in [-0.4, -0.2) is 0 Å². The molecular formula is C12H16Cl. The molecule has 0 bridgehead atoms. The molecule has 1 radical (unpaired) electrons. The van der Waals surface area contributed by atoms with Gasteiger partial charge in [0.15, 0.2) is 0 Å². The van der Waals surface area contributed by atoms with Crippen molar-refractivity contribution in [3.8, 4) is 0 Å². The molecule has 0 unspecified atom stereocenters. The van der Waals surface area contributed by atoms with Crippen LogP contribution in [0, 0.1) is 6.07 Å². The van der Waals surface area contributed by atoms with Crippen molar-refractivity contribution in [1.29, 1.82) is 0 Å². The highest BCUT2D eigenvalue weighted by Crippen LogP contribution is 2.31. The quantitative estimate of drug-likeness (QED) is 0.657. The van der Waals surface area contributed by atoms with E-state index < -0.39 is 0 Å². The highest BCUT2D eigenvalue weighted by molar-refractivity contribution is 6.32. The van der Waals surface area contributed by atoms with E-state index in [4.69, 9.17) is 11.6 Å². The van der Waals surface area contributed by atoms with Crippen LogP contribution in [0.25, 0.3) is 0 Å². The Kier molecular flexibility index (Phi) is 3.38. The molecule has 0 aliphatic heterocycles. The zero-order valence-electron chi connectivity index (χ0n) is 8.69. The van der Waals surface area contributed by atoms with Crippen LogP contribution in [-0.2, 0) is 0 Å². The summed E-state index contributed by atoms with van der Waals surface area (Å²) in [5.74, 6) is 0.936. The number of benzene rings is 1. The van der Waals surface area contributed by atoms with Crippen LogP contribution in [0.1, 0.15) is 50.7 Å². The van der Waals surface area contributed by atoms with Crippen molar-refractivity contribution in [3.05, 3.63) is 34.3 Å². The van der Waals surface area contributed by atoms with Crippen molar-refractivity contribution in [2.45, 2.75) is 39.5 Å². The van der Waals surface area contributed by atoms with Gasteiger partial charge in [-0.25, -0.2) is 0 Å². The third-order valence-corrected chi connectivity index (χ3v) is 2.61. The monoisotopic (exact) mass is 195 g/mol. The van der Waals surface area contributed by atoms with E-state index in [1.807, 2.05) is 6.07 Å². The molecule has 13 heavy (non-hydrogen) atoms. The highest BCUT2D eigenvalue weighted by Gasteiger charge is 2.11. The molecular weight excluding hydrogens is 180 g/mol. The summed E-state index contributed by atoms with van der Waals surface area (Å²) in [7, 11) is 0. The molecule has 0 spiro atoms. The Morgan fingerprint density at radius 1 is 1.15 bits per heavy atom. The molecule has 1 aromatic carbocycles. The molecule has 0 saturated heterocycles. The Hall–Kier alpha value is -0.490. The third-order valence-electron chi connectivity index (χ3n) is 2.19. The summed E-state index contributed by atoms with van der Waals surface area (Å²) < 4.78 is 0. The number of hydrogen-bond donors (Lipinski definition) is 0. The minimum absolute atomic E-state index is 0.450. The van der Waals surface area contributed by atoms with Gasteiger partial charge in [0.05, 0.1) is 0 Å². The zero-order valence-corrected chi connectivity index (χ0v) is 9.44. The summed E-state index contributed by atoms with van der Waals surface area (Å²) in [4.78, 5) is 0. The Balaban J connectivity index is 3.18. The lowest BCUT2D eigenvalue weighted by Gasteiger charge is -2.13. The maximum Gasteiger partial charge on any atom is 0.0481 e. The first-order valence-electron chi connectivity index (χ1n) is 4.74. The van der Waals surface area contributed by atoms with Crippen molar-refractivity contribution < 1.29 is 0 Å². The molecule has 0 nitrogen and oxygen atoms in total. The van der Waals surface area contributed by atoms with E-state index in [1.165, 1.54) is 5.56 Å². The molecule has 0 aromatic heterocycles. The predicted octanol–water partition coefficient (Wildman–Crippen LogP) is 4.39. The minimum Gasteiger partial charge on any atom is -0.0837 e. The van der Waals surface area contributed by atoms with Gasteiger partial charge in [0, 0.05) is 5.02 Å². The largest absolute Gasteiger partial charge is 0.0837 e. The smallest absolute Gasteiger partial charge is 0.0481 e. The molecule has 0 amide bonds. The van der Waals surface area contributed by atoms with Gasteiger partial charge < -0.3 is 0 Å². The van der Waals surface area contributed by atoms with Crippen LogP contribution in [0.15, 0.2) is 12.1 Å². The van der Waals surface area contributed by atoms with Crippen LogP contribution in [0.3, 0.4) is 0 Å². The van der Waals surface area contributed by atoms with Gasteiger partial charge >= 0.3 is 0 Å². The highest BCUT2D eigenvalue weighted by atomic mass is 35.5. The maximum absolute atomic E-state index is 6.27. The van der Waals surface area contributed by atoms with Gasteiger partial charge in [-0.2, -0.15) is 0 Å². The first-order chi connectivity index (χ1) is 6.04. The molecule has 0 aliphatic carbocycles.